The van der Waals surface area contributed by atoms with Crippen LogP contribution in [0.1, 0.15) is 34.1 Å². The fourth-order valence-electron chi connectivity index (χ4n) is 3.69. The molecule has 1 aromatic heterocycles. The monoisotopic (exact) mass is 430 g/mol. The minimum atomic E-state index is -0.484. The molecule has 0 atom stereocenters. The SMILES string of the molecule is CNC(=O)c1cc([N+](=O)[O-])ccc1N1CCC(c2nc3cc(Cl)ccc3s2)CC1. The van der Waals surface area contributed by atoms with Crippen LogP contribution in [0.2, 0.25) is 5.02 Å². The van der Waals surface area contributed by atoms with E-state index < -0.39 is 4.92 Å². The molecule has 2 aromatic carbocycles. The summed E-state index contributed by atoms with van der Waals surface area (Å²) in [5, 5.41) is 15.5. The van der Waals surface area contributed by atoms with Crippen LogP contribution in [0.4, 0.5) is 11.4 Å². The first-order chi connectivity index (χ1) is 14.0. The van der Waals surface area contributed by atoms with Gasteiger partial charge in [0.2, 0.25) is 0 Å². The summed E-state index contributed by atoms with van der Waals surface area (Å²) in [5.74, 6) is 0.0257. The lowest BCUT2D eigenvalue weighted by molar-refractivity contribution is -0.384. The molecular weight excluding hydrogens is 412 g/mol. The number of aromatic nitrogens is 1. The smallest absolute Gasteiger partial charge is 0.270 e. The molecule has 1 aliphatic rings. The molecule has 0 unspecified atom stereocenters. The number of non-ortho nitro benzene ring substituents is 1. The number of nitro benzene ring substituents is 1. The fourth-order valence-corrected chi connectivity index (χ4v) is 4.97. The van der Waals surface area contributed by atoms with Gasteiger partial charge in [-0.2, -0.15) is 0 Å². The van der Waals surface area contributed by atoms with Gasteiger partial charge in [-0.1, -0.05) is 11.6 Å². The number of thiazole rings is 1. The largest absolute Gasteiger partial charge is 0.371 e. The highest BCUT2D eigenvalue weighted by Gasteiger charge is 2.26. The number of fused-ring (bicyclic) bond motifs is 1. The third kappa shape index (κ3) is 3.90. The topological polar surface area (TPSA) is 88.4 Å². The Kier molecular flexibility index (Phi) is 5.38. The minimum Gasteiger partial charge on any atom is -0.371 e. The summed E-state index contributed by atoms with van der Waals surface area (Å²) in [7, 11) is 1.52. The highest BCUT2D eigenvalue weighted by atomic mass is 35.5. The van der Waals surface area contributed by atoms with Crippen molar-refractivity contribution >= 4 is 50.4 Å². The average Bonchev–Trinajstić information content (AvgIpc) is 3.16. The number of piperidine rings is 1. The van der Waals surface area contributed by atoms with Crippen LogP contribution >= 0.6 is 22.9 Å². The van der Waals surface area contributed by atoms with Gasteiger partial charge in [0.1, 0.15) is 0 Å². The van der Waals surface area contributed by atoms with Crippen LogP contribution in [0.3, 0.4) is 0 Å². The van der Waals surface area contributed by atoms with Crippen molar-refractivity contribution in [3.63, 3.8) is 0 Å². The van der Waals surface area contributed by atoms with Gasteiger partial charge in [0.05, 0.1) is 31.4 Å². The third-order valence-electron chi connectivity index (χ3n) is 5.21. The predicted octanol–water partition coefficient (Wildman–Crippen LogP) is 4.60. The number of benzene rings is 2. The lowest BCUT2D eigenvalue weighted by Gasteiger charge is -2.33. The number of rotatable bonds is 4. The minimum absolute atomic E-state index is 0.0876. The summed E-state index contributed by atoms with van der Waals surface area (Å²) in [6.45, 7) is 1.51. The van der Waals surface area contributed by atoms with Crippen molar-refractivity contribution in [3.8, 4) is 0 Å². The molecule has 150 valence electrons. The zero-order valence-electron chi connectivity index (χ0n) is 15.7. The van der Waals surface area contributed by atoms with Gasteiger partial charge in [0.15, 0.2) is 0 Å². The van der Waals surface area contributed by atoms with Crippen molar-refractivity contribution in [2.24, 2.45) is 0 Å². The van der Waals surface area contributed by atoms with Crippen LogP contribution in [0.5, 0.6) is 0 Å². The molecule has 9 heteroatoms. The van der Waals surface area contributed by atoms with Crippen LogP contribution in [0.15, 0.2) is 36.4 Å². The van der Waals surface area contributed by atoms with Crippen molar-refractivity contribution < 1.29 is 9.72 Å². The Labute approximate surface area is 176 Å². The van der Waals surface area contributed by atoms with Crippen LogP contribution in [0.25, 0.3) is 10.2 Å². The molecule has 29 heavy (non-hydrogen) atoms. The van der Waals surface area contributed by atoms with E-state index in [1.165, 1.54) is 19.2 Å². The number of carbonyl (C=O) groups is 1. The highest BCUT2D eigenvalue weighted by molar-refractivity contribution is 7.18. The molecule has 0 radical (unpaired) electrons. The maximum absolute atomic E-state index is 12.3. The summed E-state index contributed by atoms with van der Waals surface area (Å²) in [6, 6.07) is 10.2. The number of hydrogen-bond donors (Lipinski definition) is 1. The van der Waals surface area contributed by atoms with Gasteiger partial charge in [-0.25, -0.2) is 4.98 Å². The predicted molar refractivity (Wildman–Crippen MR) is 115 cm³/mol. The summed E-state index contributed by atoms with van der Waals surface area (Å²) in [5.41, 5.74) is 1.90. The van der Waals surface area contributed by atoms with Crippen LogP contribution in [-0.2, 0) is 0 Å². The molecule has 0 spiro atoms. The van der Waals surface area contributed by atoms with Gasteiger partial charge in [-0.3, -0.25) is 14.9 Å². The van der Waals surface area contributed by atoms with E-state index in [-0.39, 0.29) is 11.6 Å². The second kappa shape index (κ2) is 7.96. The van der Waals surface area contributed by atoms with E-state index in [0.29, 0.717) is 16.5 Å². The van der Waals surface area contributed by atoms with Gasteiger partial charge >= 0.3 is 0 Å². The zero-order valence-corrected chi connectivity index (χ0v) is 17.3. The van der Waals surface area contributed by atoms with E-state index in [0.717, 1.165) is 46.8 Å². The van der Waals surface area contributed by atoms with Gasteiger partial charge in [-0.15, -0.1) is 11.3 Å². The quantitative estimate of drug-likeness (QED) is 0.482. The first-order valence-electron chi connectivity index (χ1n) is 9.27. The fraction of sp³-hybridized carbons (Fsp3) is 0.300. The number of nitrogens with zero attached hydrogens (tertiary/aromatic N) is 3. The van der Waals surface area contributed by atoms with E-state index in [4.69, 9.17) is 16.6 Å². The zero-order chi connectivity index (χ0) is 20.5. The van der Waals surface area contributed by atoms with Crippen molar-refractivity contribution in [1.29, 1.82) is 0 Å². The maximum Gasteiger partial charge on any atom is 0.270 e. The summed E-state index contributed by atoms with van der Waals surface area (Å²) in [6.07, 6.45) is 1.80. The molecule has 1 N–H and O–H groups in total. The second-order valence-electron chi connectivity index (χ2n) is 6.96. The number of halogens is 1. The molecule has 1 aliphatic heterocycles. The summed E-state index contributed by atoms with van der Waals surface area (Å²) in [4.78, 5) is 29.8. The lowest BCUT2D eigenvalue weighted by Crippen LogP contribution is -2.34. The molecule has 2 heterocycles. The second-order valence-corrected chi connectivity index (χ2v) is 8.46. The van der Waals surface area contributed by atoms with E-state index >= 15 is 0 Å². The Morgan fingerprint density at radius 1 is 1.28 bits per heavy atom. The van der Waals surface area contributed by atoms with E-state index in [2.05, 4.69) is 10.2 Å². The molecule has 1 fully saturated rings. The van der Waals surface area contributed by atoms with Crippen molar-refractivity contribution in [1.82, 2.24) is 10.3 Å². The molecule has 1 amide bonds. The highest BCUT2D eigenvalue weighted by Crippen LogP contribution is 2.37. The van der Waals surface area contributed by atoms with Crippen LogP contribution in [-0.4, -0.2) is 36.0 Å². The summed E-state index contributed by atoms with van der Waals surface area (Å²) < 4.78 is 1.13. The van der Waals surface area contributed by atoms with Crippen molar-refractivity contribution in [2.75, 3.05) is 25.0 Å². The molecular formula is C20H19ClN4O3S. The maximum atomic E-state index is 12.3. The van der Waals surface area contributed by atoms with Gasteiger partial charge in [0, 0.05) is 43.2 Å². The Balaban J connectivity index is 1.54. The first-order valence-corrected chi connectivity index (χ1v) is 10.5. The number of carbonyl (C=O) groups excluding carboxylic acids is 1. The Hall–Kier alpha value is -2.71. The molecule has 0 aliphatic carbocycles. The standard InChI is InChI=1S/C20H19ClN4O3S/c1-22-19(26)15-11-14(25(27)28)3-4-17(15)24-8-6-12(7-9-24)20-23-16-10-13(21)2-5-18(16)29-20/h2-5,10-12H,6-9H2,1H3,(H,22,26). The normalized spacial score (nSPS) is 14.9. The lowest BCUT2D eigenvalue weighted by atomic mass is 9.96. The van der Waals surface area contributed by atoms with Gasteiger partial charge < -0.3 is 10.2 Å². The summed E-state index contributed by atoms with van der Waals surface area (Å²) >= 11 is 7.77. The van der Waals surface area contributed by atoms with Crippen LogP contribution in [0, 0.1) is 10.1 Å². The number of nitrogens with one attached hydrogen (secondary N) is 1. The Morgan fingerprint density at radius 3 is 2.72 bits per heavy atom. The van der Waals surface area contributed by atoms with E-state index in [1.807, 2.05) is 18.2 Å². The van der Waals surface area contributed by atoms with Crippen molar-refractivity contribution in [2.45, 2.75) is 18.8 Å². The molecule has 0 saturated carbocycles. The van der Waals surface area contributed by atoms with E-state index in [9.17, 15) is 14.9 Å². The Bertz CT molecular complexity index is 1090. The third-order valence-corrected chi connectivity index (χ3v) is 6.65. The number of anilines is 1. The van der Waals surface area contributed by atoms with Crippen LogP contribution < -0.4 is 10.2 Å². The first kappa shape index (κ1) is 19.6. The van der Waals surface area contributed by atoms with Crippen molar-refractivity contribution in [3.05, 3.63) is 62.1 Å². The number of amides is 1. The average molecular weight is 431 g/mol. The molecule has 4 rings (SSSR count). The van der Waals surface area contributed by atoms with E-state index in [1.54, 1.807) is 17.4 Å². The molecule has 0 bridgehead atoms. The Morgan fingerprint density at radius 2 is 2.03 bits per heavy atom. The number of nitro groups is 1. The van der Waals surface area contributed by atoms with Gasteiger partial charge in [0.25, 0.3) is 11.6 Å². The van der Waals surface area contributed by atoms with Gasteiger partial charge in [-0.05, 0) is 37.1 Å². The molecule has 1 saturated heterocycles. The molecule has 3 aromatic rings. The molecule has 7 nitrogen and oxygen atoms in total. The number of hydrogen-bond acceptors (Lipinski definition) is 6.